The normalized spacial score (nSPS) is 9.47. The zero-order valence-corrected chi connectivity index (χ0v) is 10.2. The van der Waals surface area contributed by atoms with E-state index in [9.17, 15) is 4.79 Å². The van der Waals surface area contributed by atoms with Crippen molar-refractivity contribution in [3.8, 4) is 6.07 Å². The summed E-state index contributed by atoms with van der Waals surface area (Å²) < 4.78 is 0. The number of nitrogens with zero attached hydrogens (tertiary/aromatic N) is 2. The van der Waals surface area contributed by atoms with Crippen LogP contribution in [-0.4, -0.2) is 25.5 Å². The Hall–Kier alpha value is -2.02. The highest BCUT2D eigenvalue weighted by atomic mass is 16.1. The average Bonchev–Trinajstić information content (AvgIpc) is 2.38. The molecular weight excluding hydrogens is 214 g/mol. The van der Waals surface area contributed by atoms with Crippen molar-refractivity contribution in [2.75, 3.05) is 24.5 Å². The summed E-state index contributed by atoms with van der Waals surface area (Å²) in [7, 11) is 0. The topological polar surface area (TPSA) is 56.1 Å². The second-order valence-electron chi connectivity index (χ2n) is 3.56. The first-order valence-corrected chi connectivity index (χ1v) is 5.73. The van der Waals surface area contributed by atoms with E-state index in [4.69, 9.17) is 5.26 Å². The largest absolute Gasteiger partial charge is 0.372 e. The van der Waals surface area contributed by atoms with Gasteiger partial charge in [0.25, 0.3) is 5.91 Å². The first-order chi connectivity index (χ1) is 8.22. The summed E-state index contributed by atoms with van der Waals surface area (Å²) >= 11 is 0. The monoisotopic (exact) mass is 231 g/mol. The molecule has 0 atom stereocenters. The number of rotatable bonds is 5. The Kier molecular flexibility index (Phi) is 5.02. The summed E-state index contributed by atoms with van der Waals surface area (Å²) in [4.78, 5) is 13.8. The van der Waals surface area contributed by atoms with Crippen molar-refractivity contribution < 1.29 is 4.79 Å². The number of hydrogen-bond acceptors (Lipinski definition) is 3. The molecule has 1 rings (SSSR count). The molecule has 0 saturated heterocycles. The van der Waals surface area contributed by atoms with E-state index in [0.29, 0.717) is 5.56 Å². The highest BCUT2D eigenvalue weighted by Crippen LogP contribution is 2.14. The standard InChI is InChI=1S/C13H17N3O/c1-3-16(4-2)12-7-5-11(6-8-12)13(17)15-10-9-14/h5-8H,3-4,10H2,1-2H3,(H,15,17). The SMILES string of the molecule is CCN(CC)c1ccc(C(=O)NCC#N)cc1. The van der Waals surface area contributed by atoms with Crippen LogP contribution in [0.4, 0.5) is 5.69 Å². The molecule has 1 amide bonds. The summed E-state index contributed by atoms with van der Waals surface area (Å²) in [5, 5.41) is 10.9. The molecule has 0 aromatic heterocycles. The number of carbonyl (C=O) groups is 1. The number of carbonyl (C=O) groups excluding carboxylic acids is 1. The van der Waals surface area contributed by atoms with Gasteiger partial charge in [0.1, 0.15) is 6.54 Å². The fraction of sp³-hybridized carbons (Fsp3) is 0.385. The van der Waals surface area contributed by atoms with Gasteiger partial charge in [-0.15, -0.1) is 0 Å². The molecular formula is C13H17N3O. The van der Waals surface area contributed by atoms with Crippen molar-refractivity contribution in [2.24, 2.45) is 0 Å². The lowest BCUT2D eigenvalue weighted by molar-refractivity contribution is 0.0958. The van der Waals surface area contributed by atoms with Gasteiger partial charge in [-0.25, -0.2) is 0 Å². The number of benzene rings is 1. The van der Waals surface area contributed by atoms with Crippen LogP contribution in [0.2, 0.25) is 0 Å². The number of hydrogen-bond donors (Lipinski definition) is 1. The summed E-state index contributed by atoms with van der Waals surface area (Å²) in [6, 6.07) is 9.28. The Morgan fingerprint density at radius 3 is 2.35 bits per heavy atom. The van der Waals surface area contributed by atoms with Crippen molar-refractivity contribution in [1.29, 1.82) is 5.26 Å². The maximum Gasteiger partial charge on any atom is 0.252 e. The van der Waals surface area contributed by atoms with Crippen LogP contribution in [0.25, 0.3) is 0 Å². The zero-order chi connectivity index (χ0) is 12.7. The first kappa shape index (κ1) is 13.0. The number of nitriles is 1. The summed E-state index contributed by atoms with van der Waals surface area (Å²) in [6.07, 6.45) is 0. The molecule has 90 valence electrons. The molecule has 0 heterocycles. The second kappa shape index (κ2) is 6.54. The van der Waals surface area contributed by atoms with Crippen LogP contribution in [0.1, 0.15) is 24.2 Å². The molecule has 0 saturated carbocycles. The van der Waals surface area contributed by atoms with Crippen LogP contribution in [0.5, 0.6) is 0 Å². The maximum atomic E-state index is 11.5. The Labute approximate surface area is 102 Å². The third-order valence-corrected chi connectivity index (χ3v) is 2.59. The van der Waals surface area contributed by atoms with Gasteiger partial charge in [-0.1, -0.05) is 0 Å². The van der Waals surface area contributed by atoms with Gasteiger partial charge in [-0.05, 0) is 38.1 Å². The van der Waals surface area contributed by atoms with E-state index in [1.165, 1.54) is 0 Å². The summed E-state index contributed by atoms with van der Waals surface area (Å²) in [6.45, 7) is 6.11. The van der Waals surface area contributed by atoms with E-state index in [2.05, 4.69) is 24.1 Å². The van der Waals surface area contributed by atoms with Crippen LogP contribution >= 0.6 is 0 Å². The minimum absolute atomic E-state index is 0.0383. The lowest BCUT2D eigenvalue weighted by Gasteiger charge is -2.20. The van der Waals surface area contributed by atoms with Crippen LogP contribution in [0.15, 0.2) is 24.3 Å². The average molecular weight is 231 g/mol. The number of anilines is 1. The summed E-state index contributed by atoms with van der Waals surface area (Å²) in [5.41, 5.74) is 1.68. The molecule has 4 nitrogen and oxygen atoms in total. The van der Waals surface area contributed by atoms with Crippen LogP contribution in [-0.2, 0) is 0 Å². The van der Waals surface area contributed by atoms with E-state index >= 15 is 0 Å². The molecule has 0 unspecified atom stereocenters. The van der Waals surface area contributed by atoms with Gasteiger partial charge in [-0.2, -0.15) is 5.26 Å². The number of nitrogens with one attached hydrogen (secondary N) is 1. The van der Waals surface area contributed by atoms with Gasteiger partial charge >= 0.3 is 0 Å². The lowest BCUT2D eigenvalue weighted by atomic mass is 10.2. The minimum Gasteiger partial charge on any atom is -0.372 e. The Morgan fingerprint density at radius 2 is 1.88 bits per heavy atom. The quantitative estimate of drug-likeness (QED) is 0.786. The smallest absolute Gasteiger partial charge is 0.252 e. The van der Waals surface area contributed by atoms with E-state index in [1.807, 2.05) is 18.2 Å². The van der Waals surface area contributed by atoms with Crippen molar-refractivity contribution in [3.05, 3.63) is 29.8 Å². The van der Waals surface area contributed by atoms with Crippen molar-refractivity contribution in [2.45, 2.75) is 13.8 Å². The third kappa shape index (κ3) is 3.49. The van der Waals surface area contributed by atoms with Crippen molar-refractivity contribution in [3.63, 3.8) is 0 Å². The maximum absolute atomic E-state index is 11.5. The Balaban J connectivity index is 2.74. The minimum atomic E-state index is -0.211. The van der Waals surface area contributed by atoms with Gasteiger partial charge in [0, 0.05) is 24.3 Å². The molecule has 0 aliphatic rings. The lowest BCUT2D eigenvalue weighted by Crippen LogP contribution is -2.24. The van der Waals surface area contributed by atoms with Gasteiger partial charge in [0.15, 0.2) is 0 Å². The van der Waals surface area contributed by atoms with E-state index in [0.717, 1.165) is 18.8 Å². The molecule has 1 aromatic carbocycles. The molecule has 0 fully saturated rings. The van der Waals surface area contributed by atoms with Crippen LogP contribution in [0.3, 0.4) is 0 Å². The predicted molar refractivity (Wildman–Crippen MR) is 67.9 cm³/mol. The first-order valence-electron chi connectivity index (χ1n) is 5.73. The van der Waals surface area contributed by atoms with Gasteiger partial charge in [0.05, 0.1) is 6.07 Å². The predicted octanol–water partition coefficient (Wildman–Crippen LogP) is 1.79. The molecule has 1 N–H and O–H groups in total. The molecule has 0 radical (unpaired) electrons. The van der Waals surface area contributed by atoms with Crippen molar-refractivity contribution >= 4 is 11.6 Å². The fourth-order valence-electron chi connectivity index (χ4n) is 1.63. The van der Waals surface area contributed by atoms with Gasteiger partial charge in [0.2, 0.25) is 0 Å². The molecule has 0 aliphatic heterocycles. The molecule has 0 bridgehead atoms. The van der Waals surface area contributed by atoms with E-state index in [-0.39, 0.29) is 12.5 Å². The Bertz CT molecular complexity index is 402. The number of amides is 1. The van der Waals surface area contributed by atoms with Crippen LogP contribution < -0.4 is 10.2 Å². The van der Waals surface area contributed by atoms with E-state index in [1.54, 1.807) is 12.1 Å². The highest BCUT2D eigenvalue weighted by molar-refractivity contribution is 5.94. The highest BCUT2D eigenvalue weighted by Gasteiger charge is 2.06. The van der Waals surface area contributed by atoms with Gasteiger partial charge in [-0.3, -0.25) is 4.79 Å². The van der Waals surface area contributed by atoms with Gasteiger partial charge < -0.3 is 10.2 Å². The fourth-order valence-corrected chi connectivity index (χ4v) is 1.63. The van der Waals surface area contributed by atoms with Crippen molar-refractivity contribution in [1.82, 2.24) is 5.32 Å². The summed E-state index contributed by atoms with van der Waals surface area (Å²) in [5.74, 6) is -0.211. The molecule has 1 aromatic rings. The Morgan fingerprint density at radius 1 is 1.29 bits per heavy atom. The van der Waals surface area contributed by atoms with Crippen LogP contribution in [0, 0.1) is 11.3 Å². The molecule has 0 spiro atoms. The van der Waals surface area contributed by atoms with E-state index < -0.39 is 0 Å². The molecule has 0 aliphatic carbocycles. The molecule has 4 heteroatoms. The second-order valence-corrected chi connectivity index (χ2v) is 3.56. The zero-order valence-electron chi connectivity index (χ0n) is 10.2. The molecule has 17 heavy (non-hydrogen) atoms. The third-order valence-electron chi connectivity index (χ3n) is 2.59.